The Morgan fingerprint density at radius 3 is 2.57 bits per heavy atom. The van der Waals surface area contributed by atoms with Crippen molar-refractivity contribution in [3.63, 3.8) is 0 Å². The predicted molar refractivity (Wildman–Crippen MR) is 91.8 cm³/mol. The number of carbonyl (C=O) groups is 1. The van der Waals surface area contributed by atoms with E-state index in [4.69, 9.17) is 4.74 Å². The third kappa shape index (κ3) is 2.74. The molecule has 0 saturated heterocycles. The second kappa shape index (κ2) is 6.41. The summed E-state index contributed by atoms with van der Waals surface area (Å²) in [6.07, 6.45) is 13.1. The highest BCUT2D eigenvalue weighted by Gasteiger charge is 2.63. The van der Waals surface area contributed by atoms with Crippen molar-refractivity contribution < 1.29 is 9.53 Å². The van der Waals surface area contributed by atoms with Gasteiger partial charge in [-0.05, 0) is 87.4 Å². The average Bonchev–Trinajstić information content (AvgIpc) is 3.29. The number of unbranched alkanes of at least 4 members (excludes halogenated alkanes) is 3. The summed E-state index contributed by atoms with van der Waals surface area (Å²) in [7, 11) is 0. The fourth-order valence-electron chi connectivity index (χ4n) is 7.04. The Balaban J connectivity index is 1.29. The molecule has 0 aromatic heterocycles. The smallest absolute Gasteiger partial charge is 0.309 e. The topological polar surface area (TPSA) is 26.3 Å². The van der Waals surface area contributed by atoms with Crippen LogP contribution in [-0.2, 0) is 9.53 Å². The van der Waals surface area contributed by atoms with E-state index in [0.29, 0.717) is 5.92 Å². The largest absolute Gasteiger partial charge is 0.462 e. The molecule has 8 unspecified atom stereocenters. The molecule has 4 fully saturated rings. The monoisotopic (exact) mass is 318 g/mol. The quantitative estimate of drug-likeness (QED) is 0.366. The van der Waals surface area contributed by atoms with E-state index in [1.54, 1.807) is 0 Å². The van der Waals surface area contributed by atoms with Crippen molar-refractivity contribution in [1.29, 1.82) is 0 Å². The summed E-state index contributed by atoms with van der Waals surface area (Å²) in [4.78, 5) is 12.7. The summed E-state index contributed by atoms with van der Waals surface area (Å²) in [5.41, 5.74) is 0. The molecule has 130 valence electrons. The number of rotatable bonds is 7. The van der Waals surface area contributed by atoms with Crippen LogP contribution in [0.2, 0.25) is 0 Å². The van der Waals surface area contributed by atoms with Crippen LogP contribution in [0, 0.1) is 41.4 Å². The molecule has 2 nitrogen and oxygen atoms in total. The van der Waals surface area contributed by atoms with Gasteiger partial charge >= 0.3 is 5.97 Å². The molecule has 0 aromatic carbocycles. The van der Waals surface area contributed by atoms with Gasteiger partial charge < -0.3 is 4.74 Å². The van der Waals surface area contributed by atoms with Gasteiger partial charge in [0.15, 0.2) is 0 Å². The first-order chi connectivity index (χ1) is 11.2. The molecule has 0 aromatic rings. The van der Waals surface area contributed by atoms with Crippen LogP contribution in [0.1, 0.15) is 78.1 Å². The molecule has 0 heterocycles. The Labute approximate surface area is 141 Å². The lowest BCUT2D eigenvalue weighted by Gasteiger charge is -2.38. The first-order valence-electron chi connectivity index (χ1n) is 10.4. The summed E-state index contributed by atoms with van der Waals surface area (Å²) < 4.78 is 5.86. The lowest BCUT2D eigenvalue weighted by atomic mass is 9.67. The second-order valence-electron chi connectivity index (χ2n) is 9.09. The van der Waals surface area contributed by atoms with Gasteiger partial charge in [-0.1, -0.05) is 26.2 Å². The maximum absolute atomic E-state index is 12.7. The Morgan fingerprint density at radius 2 is 1.78 bits per heavy atom. The van der Waals surface area contributed by atoms with Gasteiger partial charge in [-0.25, -0.2) is 0 Å². The van der Waals surface area contributed by atoms with E-state index in [9.17, 15) is 4.79 Å². The number of ether oxygens (including phenoxy) is 1. The Kier molecular flexibility index (Phi) is 4.45. The van der Waals surface area contributed by atoms with Crippen LogP contribution in [0.5, 0.6) is 0 Å². The fraction of sp³-hybridized carbons (Fsp3) is 0.952. The highest BCUT2D eigenvalue weighted by atomic mass is 16.5. The Morgan fingerprint density at radius 1 is 1.00 bits per heavy atom. The number of hydrogen-bond acceptors (Lipinski definition) is 2. The molecule has 0 amide bonds. The molecular weight excluding hydrogens is 284 g/mol. The minimum atomic E-state index is 0.120. The van der Waals surface area contributed by atoms with E-state index >= 15 is 0 Å². The minimum Gasteiger partial charge on any atom is -0.462 e. The molecule has 0 N–H and O–H groups in total. The first kappa shape index (κ1) is 16.0. The van der Waals surface area contributed by atoms with Crippen molar-refractivity contribution in [3.05, 3.63) is 0 Å². The number of esters is 1. The van der Waals surface area contributed by atoms with Crippen LogP contribution in [0.25, 0.3) is 0 Å². The molecule has 4 aliphatic rings. The highest BCUT2D eigenvalue weighted by Crippen LogP contribution is 2.68. The number of carbonyl (C=O) groups excluding carboxylic acids is 1. The van der Waals surface area contributed by atoms with E-state index in [1.807, 2.05) is 0 Å². The number of hydrogen-bond donors (Lipinski definition) is 0. The Hall–Kier alpha value is -0.530. The van der Waals surface area contributed by atoms with Crippen LogP contribution in [0.4, 0.5) is 0 Å². The summed E-state index contributed by atoms with van der Waals surface area (Å²) in [5, 5.41) is 0. The predicted octanol–water partition coefficient (Wildman–Crippen LogP) is 5.21. The number of fused-ring (bicyclic) bond motifs is 9. The lowest BCUT2D eigenvalue weighted by molar-refractivity contribution is -0.157. The van der Waals surface area contributed by atoms with Gasteiger partial charge in [0.05, 0.1) is 12.0 Å². The van der Waals surface area contributed by atoms with Crippen molar-refractivity contribution in [3.8, 4) is 0 Å². The highest BCUT2D eigenvalue weighted by molar-refractivity contribution is 5.73. The zero-order valence-electron chi connectivity index (χ0n) is 15.0. The van der Waals surface area contributed by atoms with Gasteiger partial charge in [0.2, 0.25) is 0 Å². The third-order valence-electron chi connectivity index (χ3n) is 7.82. The first-order valence-corrected chi connectivity index (χ1v) is 10.4. The van der Waals surface area contributed by atoms with Gasteiger partial charge in [-0.3, -0.25) is 4.79 Å². The van der Waals surface area contributed by atoms with Crippen LogP contribution in [0.15, 0.2) is 0 Å². The molecule has 4 saturated carbocycles. The standard InChI is InChI=1S/C21H34O2/c1-3-4-5-6-7-13(2)23-21(22)18-12-16-11-17(18)20-15-9-8-14(10-15)19(16)20/h13-20H,3-12H2,1-2H3. The molecule has 8 atom stereocenters. The summed E-state index contributed by atoms with van der Waals surface area (Å²) >= 11 is 0. The molecule has 0 radical (unpaired) electrons. The van der Waals surface area contributed by atoms with Crippen molar-refractivity contribution >= 4 is 5.97 Å². The molecule has 23 heavy (non-hydrogen) atoms. The zero-order chi connectivity index (χ0) is 16.0. The van der Waals surface area contributed by atoms with Crippen molar-refractivity contribution in [1.82, 2.24) is 0 Å². The fourth-order valence-corrected chi connectivity index (χ4v) is 7.04. The molecule has 0 spiro atoms. The second-order valence-corrected chi connectivity index (χ2v) is 9.09. The SMILES string of the molecule is CCCCCCC(C)OC(=O)C1CC2CC1C1C3CCC(C3)C21. The summed E-state index contributed by atoms with van der Waals surface area (Å²) in [6.45, 7) is 4.33. The third-order valence-corrected chi connectivity index (χ3v) is 7.82. The lowest BCUT2D eigenvalue weighted by Crippen LogP contribution is -2.37. The maximum atomic E-state index is 12.7. The van der Waals surface area contributed by atoms with Gasteiger partial charge in [-0.2, -0.15) is 0 Å². The van der Waals surface area contributed by atoms with Crippen LogP contribution in [0.3, 0.4) is 0 Å². The van der Waals surface area contributed by atoms with Gasteiger partial charge in [0.1, 0.15) is 0 Å². The molecule has 0 aliphatic heterocycles. The molecular formula is C21H34O2. The van der Waals surface area contributed by atoms with Gasteiger partial charge in [-0.15, -0.1) is 0 Å². The summed E-state index contributed by atoms with van der Waals surface area (Å²) in [5.74, 6) is 5.81. The van der Waals surface area contributed by atoms with E-state index in [1.165, 1.54) is 51.4 Å². The van der Waals surface area contributed by atoms with E-state index in [-0.39, 0.29) is 18.0 Å². The normalized spacial score (nSPS) is 44.5. The van der Waals surface area contributed by atoms with Gasteiger partial charge in [0, 0.05) is 0 Å². The molecule has 2 heteroatoms. The molecule has 4 bridgehead atoms. The maximum Gasteiger partial charge on any atom is 0.309 e. The van der Waals surface area contributed by atoms with E-state index < -0.39 is 0 Å². The van der Waals surface area contributed by atoms with Crippen molar-refractivity contribution in [2.24, 2.45) is 41.4 Å². The Bertz CT molecular complexity index is 445. The van der Waals surface area contributed by atoms with E-state index in [2.05, 4.69) is 13.8 Å². The van der Waals surface area contributed by atoms with Crippen LogP contribution in [-0.4, -0.2) is 12.1 Å². The zero-order valence-corrected chi connectivity index (χ0v) is 15.0. The molecule has 4 rings (SSSR count). The summed E-state index contributed by atoms with van der Waals surface area (Å²) in [6, 6.07) is 0. The van der Waals surface area contributed by atoms with Crippen molar-refractivity contribution in [2.75, 3.05) is 0 Å². The minimum absolute atomic E-state index is 0.120. The van der Waals surface area contributed by atoms with Crippen molar-refractivity contribution in [2.45, 2.75) is 84.2 Å². The van der Waals surface area contributed by atoms with Crippen LogP contribution < -0.4 is 0 Å². The van der Waals surface area contributed by atoms with Gasteiger partial charge in [0.25, 0.3) is 0 Å². The van der Waals surface area contributed by atoms with E-state index in [0.717, 1.165) is 42.4 Å². The van der Waals surface area contributed by atoms with Crippen LogP contribution >= 0.6 is 0 Å². The molecule has 4 aliphatic carbocycles. The average molecular weight is 319 g/mol.